The highest BCUT2D eigenvalue weighted by Crippen LogP contribution is 2.24. The van der Waals surface area contributed by atoms with Gasteiger partial charge in [-0.05, 0) is 37.3 Å². The van der Waals surface area contributed by atoms with E-state index in [0.29, 0.717) is 23.9 Å². The second-order valence-corrected chi connectivity index (χ2v) is 7.95. The van der Waals surface area contributed by atoms with Gasteiger partial charge in [-0.3, -0.25) is 4.57 Å². The number of hydrogen-bond donors (Lipinski definition) is 0. The van der Waals surface area contributed by atoms with Crippen molar-refractivity contribution >= 4 is 34.3 Å². The lowest BCUT2D eigenvalue weighted by atomic mass is 10.2. The molecule has 0 aliphatic rings. The Labute approximate surface area is 184 Å². The molecule has 0 spiro atoms. The average Bonchev–Trinajstić information content (AvgIpc) is 3.14. The number of ether oxygens (including phenoxy) is 1. The number of para-hydroxylation sites is 1. The number of nitrogens with zero attached hydrogens (tertiary/aromatic N) is 5. The van der Waals surface area contributed by atoms with Crippen LogP contribution in [0.2, 0.25) is 5.02 Å². The van der Waals surface area contributed by atoms with Gasteiger partial charge in [0.1, 0.15) is 18.2 Å². The molecular formula is C22H20ClN5OS. The molecule has 152 valence electrons. The van der Waals surface area contributed by atoms with E-state index in [1.54, 1.807) is 23.9 Å². The second kappa shape index (κ2) is 9.28. The Bertz CT molecular complexity index is 1180. The van der Waals surface area contributed by atoms with Crippen molar-refractivity contribution in [1.29, 1.82) is 0 Å². The molecule has 30 heavy (non-hydrogen) atoms. The van der Waals surface area contributed by atoms with Crippen LogP contribution in [-0.2, 0) is 18.9 Å². The van der Waals surface area contributed by atoms with Crippen molar-refractivity contribution in [2.24, 2.45) is 0 Å². The van der Waals surface area contributed by atoms with Crippen LogP contribution >= 0.6 is 23.4 Å². The van der Waals surface area contributed by atoms with Crippen LogP contribution in [0.5, 0.6) is 5.75 Å². The van der Waals surface area contributed by atoms with Gasteiger partial charge in [0.15, 0.2) is 11.0 Å². The molecule has 0 saturated carbocycles. The number of aryl methyl sites for hydroxylation is 1. The molecular weight excluding hydrogens is 418 g/mol. The van der Waals surface area contributed by atoms with Gasteiger partial charge < -0.3 is 4.74 Å². The summed E-state index contributed by atoms with van der Waals surface area (Å²) < 4.78 is 7.81. The Morgan fingerprint density at radius 3 is 2.70 bits per heavy atom. The maximum Gasteiger partial charge on any atom is 0.192 e. The van der Waals surface area contributed by atoms with Crippen LogP contribution in [0.1, 0.15) is 17.3 Å². The summed E-state index contributed by atoms with van der Waals surface area (Å²) in [7, 11) is 0. The molecule has 0 bridgehead atoms. The molecule has 8 heteroatoms. The molecule has 0 saturated heterocycles. The Morgan fingerprint density at radius 2 is 1.90 bits per heavy atom. The summed E-state index contributed by atoms with van der Waals surface area (Å²) in [5.74, 6) is 2.81. The average molecular weight is 438 g/mol. The minimum absolute atomic E-state index is 0.300. The van der Waals surface area contributed by atoms with Crippen molar-refractivity contribution in [3.8, 4) is 5.75 Å². The summed E-state index contributed by atoms with van der Waals surface area (Å²) in [5.41, 5.74) is 1.92. The van der Waals surface area contributed by atoms with Crippen molar-refractivity contribution in [2.75, 3.05) is 0 Å². The Kier molecular flexibility index (Phi) is 6.30. The van der Waals surface area contributed by atoms with Crippen LogP contribution in [0.4, 0.5) is 0 Å². The highest BCUT2D eigenvalue weighted by molar-refractivity contribution is 7.98. The molecule has 2 heterocycles. The molecule has 2 aromatic heterocycles. The van der Waals surface area contributed by atoms with Gasteiger partial charge in [-0.25, -0.2) is 9.97 Å². The van der Waals surface area contributed by atoms with Crippen molar-refractivity contribution < 1.29 is 4.74 Å². The third kappa shape index (κ3) is 4.63. The first-order chi connectivity index (χ1) is 14.6. The Morgan fingerprint density at radius 1 is 1.10 bits per heavy atom. The van der Waals surface area contributed by atoms with Crippen LogP contribution in [0.25, 0.3) is 10.9 Å². The van der Waals surface area contributed by atoms with E-state index < -0.39 is 0 Å². The van der Waals surface area contributed by atoms with E-state index >= 15 is 0 Å². The van der Waals surface area contributed by atoms with Crippen LogP contribution in [0.3, 0.4) is 0 Å². The molecule has 6 nitrogen and oxygen atoms in total. The fraction of sp³-hybridized carbons (Fsp3) is 0.182. The zero-order chi connectivity index (χ0) is 20.9. The molecule has 0 aliphatic carbocycles. The van der Waals surface area contributed by atoms with Crippen LogP contribution < -0.4 is 4.74 Å². The summed E-state index contributed by atoms with van der Waals surface area (Å²) in [6.45, 7) is 6.74. The van der Waals surface area contributed by atoms with Crippen molar-refractivity contribution in [3.63, 3.8) is 0 Å². The molecule has 0 atom stereocenters. The van der Waals surface area contributed by atoms with Gasteiger partial charge in [0, 0.05) is 22.6 Å². The van der Waals surface area contributed by atoms with E-state index in [1.807, 2.05) is 54.0 Å². The van der Waals surface area contributed by atoms with E-state index in [0.717, 1.165) is 39.2 Å². The number of hydrogen-bond acceptors (Lipinski definition) is 6. The fourth-order valence-corrected chi connectivity index (χ4v) is 3.96. The number of fused-ring (bicyclic) bond motifs is 1. The lowest BCUT2D eigenvalue weighted by molar-refractivity contribution is 0.289. The molecule has 0 radical (unpaired) electrons. The largest absolute Gasteiger partial charge is 0.486 e. The predicted molar refractivity (Wildman–Crippen MR) is 120 cm³/mol. The maximum atomic E-state index is 5.92. The van der Waals surface area contributed by atoms with Crippen molar-refractivity contribution in [3.05, 3.63) is 83.6 Å². The summed E-state index contributed by atoms with van der Waals surface area (Å²) in [5, 5.41) is 11.1. The molecule has 2 aromatic carbocycles. The molecule has 4 aromatic rings. The monoisotopic (exact) mass is 437 g/mol. The van der Waals surface area contributed by atoms with Gasteiger partial charge in [-0.1, -0.05) is 47.6 Å². The molecule has 0 fully saturated rings. The normalized spacial score (nSPS) is 11.0. The van der Waals surface area contributed by atoms with E-state index in [-0.39, 0.29) is 0 Å². The highest BCUT2D eigenvalue weighted by atomic mass is 35.5. The first kappa shape index (κ1) is 20.4. The molecule has 0 aliphatic heterocycles. The van der Waals surface area contributed by atoms with Crippen LogP contribution in [-0.4, -0.2) is 24.7 Å². The van der Waals surface area contributed by atoms with Crippen molar-refractivity contribution in [2.45, 2.75) is 31.0 Å². The quantitative estimate of drug-likeness (QED) is 0.277. The molecule has 0 amide bonds. The lowest BCUT2D eigenvalue weighted by Gasteiger charge is -2.09. The van der Waals surface area contributed by atoms with E-state index in [9.17, 15) is 0 Å². The van der Waals surface area contributed by atoms with E-state index in [4.69, 9.17) is 16.3 Å². The summed E-state index contributed by atoms with van der Waals surface area (Å²) in [6.07, 6.45) is 1.82. The van der Waals surface area contributed by atoms with Gasteiger partial charge in [-0.2, -0.15) is 0 Å². The number of rotatable bonds is 8. The highest BCUT2D eigenvalue weighted by Gasteiger charge is 2.14. The molecule has 0 N–H and O–H groups in total. The summed E-state index contributed by atoms with van der Waals surface area (Å²) >= 11 is 7.47. The first-order valence-electron chi connectivity index (χ1n) is 9.40. The molecule has 0 unspecified atom stereocenters. The molecule has 4 rings (SSSR count). The summed E-state index contributed by atoms with van der Waals surface area (Å²) in [4.78, 5) is 9.31. The Balaban J connectivity index is 1.48. The first-order valence-corrected chi connectivity index (χ1v) is 10.8. The lowest BCUT2D eigenvalue weighted by Crippen LogP contribution is -2.07. The zero-order valence-corrected chi connectivity index (χ0v) is 18.0. The van der Waals surface area contributed by atoms with E-state index in [2.05, 4.69) is 26.7 Å². The maximum absolute atomic E-state index is 5.92. The second-order valence-electron chi connectivity index (χ2n) is 6.57. The van der Waals surface area contributed by atoms with Crippen molar-refractivity contribution in [1.82, 2.24) is 24.7 Å². The summed E-state index contributed by atoms with van der Waals surface area (Å²) in [6, 6.07) is 15.3. The minimum Gasteiger partial charge on any atom is -0.486 e. The van der Waals surface area contributed by atoms with Gasteiger partial charge >= 0.3 is 0 Å². The standard InChI is InChI=1S/C22H20ClN5OS/c1-3-12-28-21(13-29-17-10-8-16(23)9-11-17)26-27-22(28)30-14-20-24-15(2)18-6-4-5-7-19(18)25-20/h3-11H,1,12-14H2,2H3. The van der Waals surface area contributed by atoms with Gasteiger partial charge in [0.25, 0.3) is 0 Å². The third-order valence-corrected chi connectivity index (χ3v) is 5.67. The Hall–Kier alpha value is -2.90. The van der Waals surface area contributed by atoms with Crippen LogP contribution in [0, 0.1) is 6.92 Å². The van der Waals surface area contributed by atoms with E-state index in [1.165, 1.54) is 0 Å². The number of allylic oxidation sites excluding steroid dienone is 1. The zero-order valence-electron chi connectivity index (χ0n) is 16.5. The fourth-order valence-electron chi connectivity index (χ4n) is 3.01. The predicted octanol–water partition coefficient (Wildman–Crippen LogP) is 5.24. The van der Waals surface area contributed by atoms with Crippen LogP contribution in [0.15, 0.2) is 66.3 Å². The number of aromatic nitrogens is 5. The van der Waals surface area contributed by atoms with Gasteiger partial charge in [0.05, 0.1) is 11.3 Å². The smallest absolute Gasteiger partial charge is 0.192 e. The van der Waals surface area contributed by atoms with Gasteiger partial charge in [0.2, 0.25) is 0 Å². The van der Waals surface area contributed by atoms with Gasteiger partial charge in [-0.15, -0.1) is 16.8 Å². The number of benzene rings is 2. The third-order valence-electron chi connectivity index (χ3n) is 4.46. The minimum atomic E-state index is 0.300. The number of halogens is 1. The SMILES string of the molecule is C=CCn1c(COc2ccc(Cl)cc2)nnc1SCc1nc(C)c2ccccc2n1. The topological polar surface area (TPSA) is 65.7 Å². The number of thioether (sulfide) groups is 1.